The second-order valence-electron chi connectivity index (χ2n) is 5.12. The molecule has 0 spiro atoms. The van der Waals surface area contributed by atoms with Crippen LogP contribution in [0.15, 0.2) is 18.3 Å². The monoisotopic (exact) mass is 249 g/mol. The van der Waals surface area contributed by atoms with E-state index in [0.29, 0.717) is 4.99 Å². The van der Waals surface area contributed by atoms with Crippen molar-refractivity contribution >= 4 is 23.0 Å². The average Bonchev–Trinajstić information content (AvgIpc) is 2.28. The van der Waals surface area contributed by atoms with Gasteiger partial charge in [-0.1, -0.05) is 26.1 Å². The maximum Gasteiger partial charge on any atom is 0.128 e. The lowest BCUT2D eigenvalue weighted by atomic mass is 9.92. The molecule has 2 heterocycles. The summed E-state index contributed by atoms with van der Waals surface area (Å²) in [5.74, 6) is 2.50. The van der Waals surface area contributed by atoms with Crippen LogP contribution in [0, 0.1) is 11.8 Å². The number of pyridine rings is 1. The summed E-state index contributed by atoms with van der Waals surface area (Å²) < 4.78 is 0. The third-order valence-electron chi connectivity index (χ3n) is 3.23. The zero-order chi connectivity index (χ0) is 12.4. The smallest absolute Gasteiger partial charge is 0.128 e. The third-order valence-corrected chi connectivity index (χ3v) is 3.46. The van der Waals surface area contributed by atoms with Crippen molar-refractivity contribution in [3.05, 3.63) is 23.9 Å². The zero-order valence-corrected chi connectivity index (χ0v) is 11.2. The van der Waals surface area contributed by atoms with Crippen LogP contribution in [0.5, 0.6) is 0 Å². The molecule has 4 heteroatoms. The van der Waals surface area contributed by atoms with Crippen molar-refractivity contribution in [2.75, 3.05) is 18.0 Å². The normalized spacial score (nSPS) is 24.7. The quantitative estimate of drug-likeness (QED) is 0.816. The number of rotatable bonds is 2. The van der Waals surface area contributed by atoms with Gasteiger partial charge in [-0.2, -0.15) is 0 Å². The van der Waals surface area contributed by atoms with Crippen LogP contribution < -0.4 is 10.6 Å². The summed E-state index contributed by atoms with van der Waals surface area (Å²) >= 11 is 4.92. The molecular formula is C13H19N3S. The standard InChI is InChI=1S/C13H19N3S/c1-9-5-10(2)8-16(7-9)12-4-3-11(6-15-12)13(14)17/h3-4,6,9-10H,5,7-8H2,1-2H3,(H2,14,17). The van der Waals surface area contributed by atoms with Crippen molar-refractivity contribution in [3.63, 3.8) is 0 Å². The number of hydrogen-bond acceptors (Lipinski definition) is 3. The van der Waals surface area contributed by atoms with E-state index in [1.807, 2.05) is 12.1 Å². The van der Waals surface area contributed by atoms with E-state index in [-0.39, 0.29) is 0 Å². The Morgan fingerprint density at radius 3 is 2.47 bits per heavy atom. The summed E-state index contributed by atoms with van der Waals surface area (Å²) in [6.07, 6.45) is 3.07. The van der Waals surface area contributed by atoms with Gasteiger partial charge in [0.05, 0.1) is 0 Å². The lowest BCUT2D eigenvalue weighted by Crippen LogP contribution is -2.39. The molecule has 2 rings (SSSR count). The molecule has 17 heavy (non-hydrogen) atoms. The van der Waals surface area contributed by atoms with Gasteiger partial charge in [0.1, 0.15) is 10.8 Å². The number of piperidine rings is 1. The minimum absolute atomic E-state index is 0.407. The minimum Gasteiger partial charge on any atom is -0.389 e. The zero-order valence-electron chi connectivity index (χ0n) is 10.4. The van der Waals surface area contributed by atoms with Crippen molar-refractivity contribution in [2.45, 2.75) is 20.3 Å². The highest BCUT2D eigenvalue weighted by molar-refractivity contribution is 7.80. The third kappa shape index (κ3) is 2.94. The van der Waals surface area contributed by atoms with Gasteiger partial charge in [-0.15, -0.1) is 0 Å². The SMILES string of the molecule is CC1CC(C)CN(c2ccc(C(N)=S)cn2)C1. The molecule has 1 aromatic heterocycles. The van der Waals surface area contributed by atoms with E-state index < -0.39 is 0 Å². The molecule has 2 atom stereocenters. The van der Waals surface area contributed by atoms with Gasteiger partial charge >= 0.3 is 0 Å². The second-order valence-corrected chi connectivity index (χ2v) is 5.56. The van der Waals surface area contributed by atoms with Crippen LogP contribution in [0.25, 0.3) is 0 Å². The van der Waals surface area contributed by atoms with E-state index >= 15 is 0 Å². The number of anilines is 1. The Bertz CT molecular complexity index is 392. The van der Waals surface area contributed by atoms with Gasteiger partial charge in [-0.05, 0) is 30.4 Å². The second kappa shape index (κ2) is 5.00. The van der Waals surface area contributed by atoms with Crippen LogP contribution in [0.4, 0.5) is 5.82 Å². The summed E-state index contributed by atoms with van der Waals surface area (Å²) in [7, 11) is 0. The summed E-state index contributed by atoms with van der Waals surface area (Å²) in [6.45, 7) is 6.77. The molecule has 0 aromatic carbocycles. The largest absolute Gasteiger partial charge is 0.389 e. The predicted octanol–water partition coefficient (Wildman–Crippen LogP) is 2.20. The average molecular weight is 249 g/mol. The van der Waals surface area contributed by atoms with Crippen molar-refractivity contribution in [2.24, 2.45) is 17.6 Å². The van der Waals surface area contributed by atoms with Crippen molar-refractivity contribution < 1.29 is 0 Å². The predicted molar refractivity (Wildman–Crippen MR) is 75.3 cm³/mol. The highest BCUT2D eigenvalue weighted by atomic mass is 32.1. The van der Waals surface area contributed by atoms with Crippen LogP contribution in [0.1, 0.15) is 25.8 Å². The Labute approximate surface area is 108 Å². The molecule has 1 saturated heterocycles. The maximum absolute atomic E-state index is 5.56. The first-order valence-corrected chi connectivity index (χ1v) is 6.48. The van der Waals surface area contributed by atoms with Gasteiger partial charge in [0.25, 0.3) is 0 Å². The topological polar surface area (TPSA) is 42.1 Å². The molecule has 0 radical (unpaired) electrons. The van der Waals surface area contributed by atoms with Gasteiger partial charge in [0.2, 0.25) is 0 Å². The first-order chi connectivity index (χ1) is 8.06. The first kappa shape index (κ1) is 12.3. The number of nitrogens with zero attached hydrogens (tertiary/aromatic N) is 2. The molecule has 0 aliphatic carbocycles. The van der Waals surface area contributed by atoms with E-state index in [2.05, 4.69) is 23.7 Å². The first-order valence-electron chi connectivity index (χ1n) is 6.07. The summed E-state index contributed by atoms with van der Waals surface area (Å²) in [6, 6.07) is 3.97. The van der Waals surface area contributed by atoms with Crippen LogP contribution in [-0.2, 0) is 0 Å². The van der Waals surface area contributed by atoms with E-state index in [4.69, 9.17) is 18.0 Å². The molecule has 1 fully saturated rings. The van der Waals surface area contributed by atoms with Crippen LogP contribution in [-0.4, -0.2) is 23.1 Å². The van der Waals surface area contributed by atoms with Gasteiger partial charge in [0.15, 0.2) is 0 Å². The minimum atomic E-state index is 0.407. The van der Waals surface area contributed by atoms with Gasteiger partial charge in [0, 0.05) is 24.8 Å². The molecule has 2 N–H and O–H groups in total. The molecule has 2 unspecified atom stereocenters. The van der Waals surface area contributed by atoms with Gasteiger partial charge in [-0.25, -0.2) is 4.98 Å². The number of nitrogens with two attached hydrogens (primary N) is 1. The van der Waals surface area contributed by atoms with E-state index in [1.54, 1.807) is 6.20 Å². The Morgan fingerprint density at radius 2 is 2.00 bits per heavy atom. The lowest BCUT2D eigenvalue weighted by Gasteiger charge is -2.35. The van der Waals surface area contributed by atoms with E-state index in [0.717, 1.165) is 36.3 Å². The number of thiocarbonyl (C=S) groups is 1. The van der Waals surface area contributed by atoms with Crippen molar-refractivity contribution in [1.29, 1.82) is 0 Å². The highest BCUT2D eigenvalue weighted by Gasteiger charge is 2.22. The molecule has 3 nitrogen and oxygen atoms in total. The summed E-state index contributed by atoms with van der Waals surface area (Å²) in [4.78, 5) is 7.21. The molecule has 0 amide bonds. The molecule has 0 saturated carbocycles. The molecule has 1 aliphatic rings. The molecule has 1 aromatic rings. The van der Waals surface area contributed by atoms with Crippen LogP contribution >= 0.6 is 12.2 Å². The van der Waals surface area contributed by atoms with Crippen molar-refractivity contribution in [1.82, 2.24) is 4.98 Å². The lowest BCUT2D eigenvalue weighted by molar-refractivity contribution is 0.355. The maximum atomic E-state index is 5.56. The fourth-order valence-electron chi connectivity index (χ4n) is 2.57. The van der Waals surface area contributed by atoms with Crippen molar-refractivity contribution in [3.8, 4) is 0 Å². The van der Waals surface area contributed by atoms with E-state index in [9.17, 15) is 0 Å². The Kier molecular flexibility index (Phi) is 3.62. The Balaban J connectivity index is 2.14. The number of hydrogen-bond donors (Lipinski definition) is 1. The van der Waals surface area contributed by atoms with Gasteiger partial charge < -0.3 is 10.6 Å². The Hall–Kier alpha value is -1.16. The van der Waals surface area contributed by atoms with Gasteiger partial charge in [-0.3, -0.25) is 0 Å². The molecule has 92 valence electrons. The van der Waals surface area contributed by atoms with E-state index in [1.165, 1.54) is 6.42 Å². The fourth-order valence-corrected chi connectivity index (χ4v) is 2.69. The van der Waals surface area contributed by atoms with Crippen LogP contribution in [0.2, 0.25) is 0 Å². The molecular weight excluding hydrogens is 230 g/mol. The van der Waals surface area contributed by atoms with Crippen LogP contribution in [0.3, 0.4) is 0 Å². The highest BCUT2D eigenvalue weighted by Crippen LogP contribution is 2.24. The molecule has 1 aliphatic heterocycles. The summed E-state index contributed by atoms with van der Waals surface area (Å²) in [5.41, 5.74) is 6.40. The Morgan fingerprint density at radius 1 is 1.35 bits per heavy atom. The molecule has 0 bridgehead atoms. The summed E-state index contributed by atoms with van der Waals surface area (Å²) in [5, 5.41) is 0. The number of aromatic nitrogens is 1. The fraction of sp³-hybridized carbons (Fsp3) is 0.538.